The van der Waals surface area contributed by atoms with E-state index >= 15 is 0 Å². The van der Waals surface area contributed by atoms with Gasteiger partial charge in [-0.05, 0) is 23.8 Å². The maximum Gasteiger partial charge on any atom is 0.319 e. The Morgan fingerprint density at radius 1 is 1.30 bits per heavy atom. The van der Waals surface area contributed by atoms with Crippen LogP contribution in [0.2, 0.25) is 10.0 Å². The van der Waals surface area contributed by atoms with Crippen LogP contribution >= 0.6 is 23.2 Å². The van der Waals surface area contributed by atoms with Gasteiger partial charge in [0, 0.05) is 29.5 Å². The van der Waals surface area contributed by atoms with Gasteiger partial charge in [0.05, 0.1) is 11.6 Å². The van der Waals surface area contributed by atoms with Gasteiger partial charge in [-0.1, -0.05) is 23.2 Å². The predicted molar refractivity (Wildman–Crippen MR) is 85.1 cm³/mol. The molecule has 0 fully saturated rings. The van der Waals surface area contributed by atoms with Crippen LogP contribution in [0.25, 0.3) is 6.08 Å². The van der Waals surface area contributed by atoms with Crippen LogP contribution in [0.4, 0.5) is 8.78 Å². The molecule has 0 spiro atoms. The number of imidazole rings is 1. The van der Waals surface area contributed by atoms with Gasteiger partial charge in [0.2, 0.25) is 0 Å². The van der Waals surface area contributed by atoms with Crippen LogP contribution in [0, 0.1) is 0 Å². The quantitative estimate of drug-likeness (QED) is 0.871. The summed E-state index contributed by atoms with van der Waals surface area (Å²) >= 11 is 12.1. The minimum atomic E-state index is -2.59. The molecule has 1 aromatic carbocycles. The number of hydrogen-bond acceptors (Lipinski definition) is 3. The van der Waals surface area contributed by atoms with Crippen molar-refractivity contribution >= 4 is 29.3 Å². The van der Waals surface area contributed by atoms with Gasteiger partial charge in [0.25, 0.3) is 0 Å². The van der Waals surface area contributed by atoms with E-state index in [-0.39, 0.29) is 12.4 Å². The molecule has 3 rings (SSSR count). The fraction of sp³-hybridized carbons (Fsp3) is 0.267. The van der Waals surface area contributed by atoms with Gasteiger partial charge in [-0.15, -0.1) is 0 Å². The largest absolute Gasteiger partial charge is 0.487 e. The summed E-state index contributed by atoms with van der Waals surface area (Å²) in [7, 11) is 0. The van der Waals surface area contributed by atoms with Crippen molar-refractivity contribution < 1.29 is 13.5 Å². The van der Waals surface area contributed by atoms with Gasteiger partial charge in [0.15, 0.2) is 0 Å². The smallest absolute Gasteiger partial charge is 0.319 e. The zero-order valence-corrected chi connectivity index (χ0v) is 13.4. The van der Waals surface area contributed by atoms with Crippen LogP contribution in [0.15, 0.2) is 30.1 Å². The van der Waals surface area contributed by atoms with E-state index in [9.17, 15) is 8.78 Å². The van der Waals surface area contributed by atoms with Crippen LogP contribution in [0.3, 0.4) is 0 Å². The molecule has 1 aliphatic heterocycles. The minimum Gasteiger partial charge on any atom is -0.487 e. The first-order valence-electron chi connectivity index (χ1n) is 6.86. The summed E-state index contributed by atoms with van der Waals surface area (Å²) in [6.07, 6.45) is 4.54. The van der Waals surface area contributed by atoms with Gasteiger partial charge >= 0.3 is 6.55 Å². The van der Waals surface area contributed by atoms with E-state index in [0.29, 0.717) is 28.9 Å². The molecule has 1 aliphatic rings. The molecule has 0 unspecified atom stereocenters. The first kappa shape index (κ1) is 16.2. The van der Waals surface area contributed by atoms with Crippen LogP contribution in [0.5, 0.6) is 5.75 Å². The molecule has 0 bridgehead atoms. The third-order valence-corrected chi connectivity index (χ3v) is 3.89. The van der Waals surface area contributed by atoms with Gasteiger partial charge < -0.3 is 10.1 Å². The molecule has 1 N–H and O–H groups in total. The highest BCUT2D eigenvalue weighted by molar-refractivity contribution is 6.36. The molecule has 1 aromatic heterocycles. The molecule has 0 saturated heterocycles. The lowest BCUT2D eigenvalue weighted by Crippen LogP contribution is -2.23. The zero-order chi connectivity index (χ0) is 16.4. The van der Waals surface area contributed by atoms with Crippen molar-refractivity contribution in [3.63, 3.8) is 0 Å². The van der Waals surface area contributed by atoms with E-state index in [2.05, 4.69) is 10.3 Å². The van der Waals surface area contributed by atoms with Gasteiger partial charge in [-0.2, -0.15) is 8.78 Å². The number of benzene rings is 1. The SMILES string of the molecule is FC(F)n1ccnc1CNCC1=Cc2cc(Cl)cc(Cl)c2OC1. The number of fused-ring (bicyclic) bond motifs is 1. The second-order valence-electron chi connectivity index (χ2n) is 5.03. The van der Waals surface area contributed by atoms with Crippen molar-refractivity contribution in [1.82, 2.24) is 14.9 Å². The molecule has 8 heteroatoms. The van der Waals surface area contributed by atoms with E-state index in [1.165, 1.54) is 12.4 Å². The molecule has 2 aromatic rings. The van der Waals surface area contributed by atoms with Crippen molar-refractivity contribution in [3.8, 4) is 5.75 Å². The number of aromatic nitrogens is 2. The van der Waals surface area contributed by atoms with Crippen molar-refractivity contribution in [3.05, 3.63) is 51.5 Å². The summed E-state index contributed by atoms with van der Waals surface area (Å²) in [4.78, 5) is 3.91. The average Bonchev–Trinajstić information content (AvgIpc) is 2.95. The predicted octanol–water partition coefficient (Wildman–Crippen LogP) is 4.15. The fourth-order valence-corrected chi connectivity index (χ4v) is 2.93. The van der Waals surface area contributed by atoms with Crippen LogP contribution < -0.4 is 10.1 Å². The summed E-state index contributed by atoms with van der Waals surface area (Å²) in [5.74, 6) is 0.886. The van der Waals surface area contributed by atoms with E-state index in [1.807, 2.05) is 6.08 Å². The molecular weight excluding hydrogens is 347 g/mol. The summed E-state index contributed by atoms with van der Waals surface area (Å²) in [6, 6.07) is 3.40. The molecule has 23 heavy (non-hydrogen) atoms. The number of ether oxygens (including phenoxy) is 1. The molecule has 2 heterocycles. The molecule has 0 aliphatic carbocycles. The topological polar surface area (TPSA) is 39.1 Å². The monoisotopic (exact) mass is 359 g/mol. The fourth-order valence-electron chi connectivity index (χ4n) is 2.36. The summed E-state index contributed by atoms with van der Waals surface area (Å²) < 4.78 is 31.9. The lowest BCUT2D eigenvalue weighted by atomic mass is 10.1. The van der Waals surface area contributed by atoms with E-state index < -0.39 is 6.55 Å². The Morgan fingerprint density at radius 2 is 2.13 bits per heavy atom. The van der Waals surface area contributed by atoms with Gasteiger partial charge in [0.1, 0.15) is 18.2 Å². The molecule has 0 atom stereocenters. The van der Waals surface area contributed by atoms with Crippen molar-refractivity contribution in [2.45, 2.75) is 13.1 Å². The Balaban J connectivity index is 1.65. The van der Waals surface area contributed by atoms with E-state index in [4.69, 9.17) is 27.9 Å². The van der Waals surface area contributed by atoms with Crippen LogP contribution in [-0.2, 0) is 6.54 Å². The Bertz CT molecular complexity index is 746. The Kier molecular flexibility index (Phi) is 4.84. The zero-order valence-electron chi connectivity index (χ0n) is 11.9. The second-order valence-corrected chi connectivity index (χ2v) is 5.87. The van der Waals surface area contributed by atoms with E-state index in [0.717, 1.165) is 15.7 Å². The maximum absolute atomic E-state index is 12.7. The number of rotatable bonds is 5. The van der Waals surface area contributed by atoms with Crippen LogP contribution in [0.1, 0.15) is 17.9 Å². The van der Waals surface area contributed by atoms with Gasteiger partial charge in [-0.25, -0.2) is 4.98 Å². The van der Waals surface area contributed by atoms with Crippen LogP contribution in [-0.4, -0.2) is 22.7 Å². The first-order valence-corrected chi connectivity index (χ1v) is 7.62. The standard InChI is InChI=1S/C15H13Cl2F2N3O/c16-11-4-10-3-9(8-23-14(10)12(17)5-11)6-20-7-13-21-1-2-22(13)15(18)19/h1-5,15,20H,6-8H2. The number of nitrogens with one attached hydrogen (secondary N) is 1. The molecule has 0 saturated carbocycles. The Hall–Kier alpha value is -1.63. The highest BCUT2D eigenvalue weighted by Crippen LogP contribution is 2.36. The Morgan fingerprint density at radius 3 is 2.91 bits per heavy atom. The third kappa shape index (κ3) is 3.65. The molecular formula is C15H13Cl2F2N3O. The molecule has 0 amide bonds. The van der Waals surface area contributed by atoms with Crippen molar-refractivity contribution in [2.24, 2.45) is 0 Å². The second kappa shape index (κ2) is 6.86. The highest BCUT2D eigenvalue weighted by atomic mass is 35.5. The number of hydrogen-bond donors (Lipinski definition) is 1. The number of nitrogens with zero attached hydrogens (tertiary/aromatic N) is 2. The molecule has 4 nitrogen and oxygen atoms in total. The summed E-state index contributed by atoms with van der Waals surface area (Å²) in [6.45, 7) is -1.50. The Labute approximate surface area is 141 Å². The summed E-state index contributed by atoms with van der Waals surface area (Å²) in [5, 5.41) is 4.08. The number of alkyl halides is 2. The number of halogens is 4. The normalized spacial score (nSPS) is 13.7. The first-order chi connectivity index (χ1) is 11.0. The van der Waals surface area contributed by atoms with Gasteiger partial charge in [-0.3, -0.25) is 4.57 Å². The average molecular weight is 360 g/mol. The third-order valence-electron chi connectivity index (χ3n) is 3.39. The maximum atomic E-state index is 12.7. The molecule has 0 radical (unpaired) electrons. The lowest BCUT2D eigenvalue weighted by molar-refractivity contribution is 0.0666. The molecule has 122 valence electrons. The van der Waals surface area contributed by atoms with Crippen molar-refractivity contribution in [2.75, 3.05) is 13.2 Å². The minimum absolute atomic E-state index is 0.234. The van der Waals surface area contributed by atoms with Crippen molar-refractivity contribution in [1.29, 1.82) is 0 Å². The summed E-state index contributed by atoms with van der Waals surface area (Å²) in [5.41, 5.74) is 1.77. The lowest BCUT2D eigenvalue weighted by Gasteiger charge is -2.19. The highest BCUT2D eigenvalue weighted by Gasteiger charge is 2.16. The van der Waals surface area contributed by atoms with E-state index in [1.54, 1.807) is 12.1 Å².